The van der Waals surface area contributed by atoms with Gasteiger partial charge >= 0.3 is 0 Å². The lowest BCUT2D eigenvalue weighted by molar-refractivity contribution is 0.198. The molecule has 0 N–H and O–H groups in total. The van der Waals surface area contributed by atoms with Crippen LogP contribution in [0, 0.1) is 0 Å². The van der Waals surface area contributed by atoms with Gasteiger partial charge in [0.25, 0.3) is 0 Å². The Hall–Kier alpha value is -1.32. The first-order chi connectivity index (χ1) is 18.8. The van der Waals surface area contributed by atoms with Crippen LogP contribution in [0.25, 0.3) is 0 Å². The van der Waals surface area contributed by atoms with Gasteiger partial charge in [0.15, 0.2) is 0 Å². The van der Waals surface area contributed by atoms with Crippen LogP contribution in [0.5, 0.6) is 5.75 Å². The van der Waals surface area contributed by atoms with E-state index in [-0.39, 0.29) is 31.8 Å². The van der Waals surface area contributed by atoms with Gasteiger partial charge in [-0.05, 0) is 104 Å². The van der Waals surface area contributed by atoms with Crippen LogP contribution >= 0.6 is 23.5 Å². The summed E-state index contributed by atoms with van der Waals surface area (Å²) in [5.41, 5.74) is 6.79. The van der Waals surface area contributed by atoms with Crippen LogP contribution in [0.2, 0.25) is 0 Å². The Labute approximate surface area is 269 Å². The molecule has 2 aromatic carbocycles. The molecule has 1 nitrogen and oxygen atoms in total. The number of hydrogen-bond donors (Lipinski definition) is 0. The van der Waals surface area contributed by atoms with Gasteiger partial charge in [0.05, 0.1) is 10.2 Å². The van der Waals surface area contributed by atoms with Gasteiger partial charge in [0.2, 0.25) is 0 Å². The minimum atomic E-state index is -0.0613. The number of hydrogen-bond acceptors (Lipinski definition) is 3. The molecule has 0 aliphatic rings. The molecular formula is C39H62OS2. The van der Waals surface area contributed by atoms with Crippen molar-refractivity contribution in [1.82, 2.24) is 0 Å². The maximum absolute atomic E-state index is 6.84. The molecule has 0 fully saturated rings. The molecule has 42 heavy (non-hydrogen) atoms. The van der Waals surface area contributed by atoms with E-state index in [1.807, 2.05) is 23.5 Å². The van der Waals surface area contributed by atoms with Crippen molar-refractivity contribution in [2.24, 2.45) is 0 Å². The van der Waals surface area contributed by atoms with E-state index in [0.29, 0.717) is 0 Å². The van der Waals surface area contributed by atoms with E-state index in [1.165, 1.54) is 37.6 Å². The van der Waals surface area contributed by atoms with Crippen LogP contribution in [0.4, 0.5) is 0 Å². The van der Waals surface area contributed by atoms with E-state index < -0.39 is 0 Å². The zero-order valence-corrected chi connectivity index (χ0v) is 31.7. The van der Waals surface area contributed by atoms with Crippen molar-refractivity contribution in [3.8, 4) is 5.75 Å². The zero-order chi connectivity index (χ0) is 32.5. The van der Waals surface area contributed by atoms with Crippen molar-refractivity contribution in [3.63, 3.8) is 0 Å². The second kappa shape index (κ2) is 13.4. The van der Waals surface area contributed by atoms with Gasteiger partial charge in [0, 0.05) is 20.9 Å². The predicted octanol–water partition coefficient (Wildman–Crippen LogP) is 13.0. The fourth-order valence-electron chi connectivity index (χ4n) is 4.97. The van der Waals surface area contributed by atoms with E-state index in [1.54, 1.807) is 0 Å². The van der Waals surface area contributed by atoms with Gasteiger partial charge in [0.1, 0.15) is 5.75 Å². The molecule has 0 aliphatic heterocycles. The predicted molar refractivity (Wildman–Crippen MR) is 192 cm³/mol. The number of rotatable bonds is 10. The fourth-order valence-corrected chi connectivity index (χ4v) is 7.57. The number of allylic oxidation sites excluding steroid dienone is 1. The highest BCUT2D eigenvalue weighted by Gasteiger charge is 2.31. The summed E-state index contributed by atoms with van der Waals surface area (Å²) in [5.74, 6) is 1.08. The molecular weight excluding hydrogens is 549 g/mol. The minimum absolute atomic E-state index is 0.0384. The maximum Gasteiger partial charge on any atom is 0.127 e. The third-order valence-electron chi connectivity index (χ3n) is 7.58. The first-order valence-electron chi connectivity index (χ1n) is 15.8. The molecule has 236 valence electrons. The second-order valence-electron chi connectivity index (χ2n) is 17.0. The van der Waals surface area contributed by atoms with Crippen LogP contribution in [0.15, 0.2) is 52.3 Å². The lowest BCUT2D eigenvalue weighted by Crippen LogP contribution is -2.23. The Morgan fingerprint density at radius 3 is 1.43 bits per heavy atom. The van der Waals surface area contributed by atoms with Gasteiger partial charge in [-0.2, -0.15) is 0 Å². The summed E-state index contributed by atoms with van der Waals surface area (Å²) in [5, 5.41) is 0. The summed E-state index contributed by atoms with van der Waals surface area (Å²) < 4.78 is 6.78. The van der Waals surface area contributed by atoms with E-state index in [0.717, 1.165) is 25.0 Å². The summed E-state index contributed by atoms with van der Waals surface area (Å²) in [6, 6.07) is 12.0. The second-order valence-corrected chi connectivity index (χ2v) is 20.6. The molecule has 2 aromatic rings. The molecule has 0 heterocycles. The lowest BCUT2D eigenvalue weighted by atomic mass is 9.79. The van der Waals surface area contributed by atoms with Gasteiger partial charge in [-0.3, -0.25) is 0 Å². The molecule has 1 unspecified atom stereocenters. The van der Waals surface area contributed by atoms with Crippen LogP contribution in [-0.2, 0) is 21.7 Å². The summed E-state index contributed by atoms with van der Waals surface area (Å²) >= 11 is 3.95. The molecule has 0 saturated heterocycles. The van der Waals surface area contributed by atoms with Gasteiger partial charge in [-0.15, -0.1) is 30.1 Å². The minimum Gasteiger partial charge on any atom is -0.490 e. The molecule has 0 aromatic heterocycles. The lowest BCUT2D eigenvalue weighted by Gasteiger charge is -2.33. The van der Waals surface area contributed by atoms with Crippen molar-refractivity contribution in [2.75, 3.05) is 0 Å². The molecule has 0 bridgehead atoms. The van der Waals surface area contributed by atoms with Crippen LogP contribution < -0.4 is 4.74 Å². The zero-order valence-electron chi connectivity index (χ0n) is 30.0. The summed E-state index contributed by atoms with van der Waals surface area (Å²) in [6.45, 7) is 40.9. The molecule has 0 spiro atoms. The average molecular weight is 611 g/mol. The third kappa shape index (κ3) is 11.0. The summed E-state index contributed by atoms with van der Waals surface area (Å²) in [4.78, 5) is 2.66. The Morgan fingerprint density at radius 2 is 1.07 bits per heavy atom. The Morgan fingerprint density at radius 1 is 0.667 bits per heavy atom. The summed E-state index contributed by atoms with van der Waals surface area (Å²) in [6.07, 6.45) is 3.36. The third-order valence-corrected chi connectivity index (χ3v) is 10.0. The molecule has 0 radical (unpaired) electrons. The monoisotopic (exact) mass is 610 g/mol. The highest BCUT2D eigenvalue weighted by atomic mass is 32.2. The van der Waals surface area contributed by atoms with E-state index in [9.17, 15) is 0 Å². The van der Waals surface area contributed by atoms with Crippen molar-refractivity contribution >= 4 is 23.5 Å². The topological polar surface area (TPSA) is 9.23 Å². The molecule has 2 rings (SSSR count). The first-order valence-corrected chi connectivity index (χ1v) is 17.5. The molecule has 3 heteroatoms. The smallest absolute Gasteiger partial charge is 0.127 e. The van der Waals surface area contributed by atoms with Gasteiger partial charge < -0.3 is 4.74 Å². The maximum atomic E-state index is 6.84. The number of thioether (sulfide) groups is 2. The van der Waals surface area contributed by atoms with E-state index in [4.69, 9.17) is 4.74 Å². The SMILES string of the molecule is C=C(C)CCCC(C)Oc1c(C(C)(C)C)cc(SC(C)(C)Sc2cc(C(C)(C)C)cc(C(C)(C)C)c2)cc1C(C)(C)C. The fraction of sp³-hybridized carbons (Fsp3) is 0.641. The van der Waals surface area contributed by atoms with Crippen LogP contribution in [0.1, 0.15) is 152 Å². The molecule has 0 aliphatic carbocycles. The normalized spacial score (nSPS) is 14.2. The standard InChI is InChI=1S/C39H62OS2/c1-26(2)19-18-20-27(3)40-34-32(37(10,11)12)24-31(25-33(34)38(13,14)15)42-39(16,17)41-30-22-28(35(4,5)6)21-29(23-30)36(7,8)9/h21-25,27H,1,18-20H2,2-17H3. The Balaban J connectivity index is 2.54. The molecule has 1 atom stereocenters. The Kier molecular flexibility index (Phi) is 11.7. The summed E-state index contributed by atoms with van der Waals surface area (Å²) in [7, 11) is 0. The largest absolute Gasteiger partial charge is 0.490 e. The average Bonchev–Trinajstić information content (AvgIpc) is 2.76. The highest BCUT2D eigenvalue weighted by Crippen LogP contribution is 2.50. The van der Waals surface area contributed by atoms with Crippen molar-refractivity contribution < 1.29 is 4.74 Å². The van der Waals surface area contributed by atoms with Crippen LogP contribution in [0.3, 0.4) is 0 Å². The molecule has 0 amide bonds. The van der Waals surface area contributed by atoms with Crippen molar-refractivity contribution in [3.05, 3.63) is 64.7 Å². The van der Waals surface area contributed by atoms with Gasteiger partial charge in [-0.25, -0.2) is 0 Å². The van der Waals surface area contributed by atoms with Crippen LogP contribution in [-0.4, -0.2) is 10.2 Å². The highest BCUT2D eigenvalue weighted by molar-refractivity contribution is 8.18. The van der Waals surface area contributed by atoms with E-state index in [2.05, 4.69) is 148 Å². The Bertz CT molecular complexity index is 1160. The molecule has 0 saturated carbocycles. The number of ether oxygens (including phenoxy) is 1. The van der Waals surface area contributed by atoms with Crippen molar-refractivity contribution in [1.29, 1.82) is 0 Å². The first kappa shape index (κ1) is 36.9. The van der Waals surface area contributed by atoms with Crippen molar-refractivity contribution in [2.45, 2.75) is 172 Å². The van der Waals surface area contributed by atoms with E-state index >= 15 is 0 Å². The number of benzene rings is 2. The van der Waals surface area contributed by atoms with Gasteiger partial charge in [-0.1, -0.05) is 94.7 Å². The quantitative estimate of drug-likeness (QED) is 0.150.